The number of nitrogens with zero attached hydrogens (tertiary/aromatic N) is 3. The highest BCUT2D eigenvalue weighted by atomic mass is 15.3. The molecule has 0 spiro atoms. The molecule has 4 nitrogen and oxygen atoms in total. The molecule has 18 heavy (non-hydrogen) atoms. The zero-order chi connectivity index (χ0) is 13.5. The Labute approximate surface area is 111 Å². The van der Waals surface area contributed by atoms with Crippen LogP contribution in [0.15, 0.2) is 12.4 Å². The molecule has 1 rings (SSSR count). The van der Waals surface area contributed by atoms with Crippen LogP contribution >= 0.6 is 0 Å². The summed E-state index contributed by atoms with van der Waals surface area (Å²) in [6.45, 7) is 8.52. The van der Waals surface area contributed by atoms with Gasteiger partial charge in [-0.2, -0.15) is 5.10 Å². The molecule has 104 valence electrons. The second-order valence-corrected chi connectivity index (χ2v) is 5.05. The molecule has 0 saturated carbocycles. The highest BCUT2D eigenvalue weighted by molar-refractivity contribution is 5.11. The van der Waals surface area contributed by atoms with Crippen LogP contribution < -0.4 is 5.73 Å². The Balaban J connectivity index is 2.85. The quantitative estimate of drug-likeness (QED) is 0.772. The van der Waals surface area contributed by atoms with Gasteiger partial charge < -0.3 is 5.73 Å². The van der Waals surface area contributed by atoms with E-state index in [4.69, 9.17) is 5.73 Å². The lowest BCUT2D eigenvalue weighted by molar-refractivity contribution is 0.141. The zero-order valence-electron chi connectivity index (χ0n) is 12.3. The van der Waals surface area contributed by atoms with E-state index < -0.39 is 0 Å². The Bertz CT molecular complexity index is 334. The summed E-state index contributed by atoms with van der Waals surface area (Å²) in [5.74, 6) is 0. The standard InChI is InChI=1S/C14H28N4/c1-5-7-8-18(12(3)6-2)14(9-15)13-10-16-17(4)11-13/h10-12,14H,5-9,15H2,1-4H3. The molecule has 0 radical (unpaired) electrons. The molecule has 4 heteroatoms. The fourth-order valence-electron chi connectivity index (χ4n) is 2.33. The van der Waals surface area contributed by atoms with Crippen LogP contribution in [0.25, 0.3) is 0 Å². The van der Waals surface area contributed by atoms with Crippen LogP contribution in [0.4, 0.5) is 0 Å². The van der Waals surface area contributed by atoms with Crippen LogP contribution in [0, 0.1) is 0 Å². The van der Waals surface area contributed by atoms with Gasteiger partial charge in [0.1, 0.15) is 0 Å². The molecule has 2 unspecified atom stereocenters. The molecule has 0 aliphatic carbocycles. The third kappa shape index (κ3) is 3.82. The van der Waals surface area contributed by atoms with Crippen LogP contribution in [0.2, 0.25) is 0 Å². The Morgan fingerprint density at radius 1 is 1.44 bits per heavy atom. The first-order valence-corrected chi connectivity index (χ1v) is 7.08. The number of rotatable bonds is 8. The van der Waals surface area contributed by atoms with Crippen molar-refractivity contribution in [3.05, 3.63) is 18.0 Å². The van der Waals surface area contributed by atoms with Crippen molar-refractivity contribution in [2.75, 3.05) is 13.1 Å². The maximum atomic E-state index is 6.00. The van der Waals surface area contributed by atoms with Crippen LogP contribution in [-0.4, -0.2) is 33.8 Å². The van der Waals surface area contributed by atoms with E-state index in [2.05, 4.69) is 37.0 Å². The smallest absolute Gasteiger partial charge is 0.0538 e. The van der Waals surface area contributed by atoms with Crippen LogP contribution in [0.1, 0.15) is 51.6 Å². The third-order valence-electron chi connectivity index (χ3n) is 3.66. The summed E-state index contributed by atoms with van der Waals surface area (Å²) in [6, 6.07) is 0.852. The van der Waals surface area contributed by atoms with Gasteiger partial charge in [0.05, 0.1) is 12.2 Å². The van der Waals surface area contributed by atoms with Crippen molar-refractivity contribution < 1.29 is 0 Å². The zero-order valence-corrected chi connectivity index (χ0v) is 12.3. The van der Waals surface area contributed by atoms with E-state index in [9.17, 15) is 0 Å². The second kappa shape index (κ2) is 7.54. The molecule has 0 fully saturated rings. The SMILES string of the molecule is CCCCN(C(C)CC)C(CN)c1cnn(C)c1. The molecule has 1 aromatic rings. The summed E-state index contributed by atoms with van der Waals surface area (Å²) in [7, 11) is 1.96. The van der Waals surface area contributed by atoms with Gasteiger partial charge in [-0.1, -0.05) is 20.3 Å². The first-order chi connectivity index (χ1) is 8.63. The maximum Gasteiger partial charge on any atom is 0.0538 e. The van der Waals surface area contributed by atoms with Crippen molar-refractivity contribution in [2.24, 2.45) is 12.8 Å². The topological polar surface area (TPSA) is 47.1 Å². The highest BCUT2D eigenvalue weighted by Crippen LogP contribution is 2.23. The van der Waals surface area contributed by atoms with E-state index in [0.29, 0.717) is 18.6 Å². The Morgan fingerprint density at radius 3 is 2.61 bits per heavy atom. The van der Waals surface area contributed by atoms with Gasteiger partial charge in [-0.15, -0.1) is 0 Å². The minimum absolute atomic E-state index is 0.292. The summed E-state index contributed by atoms with van der Waals surface area (Å²) in [4.78, 5) is 2.53. The lowest BCUT2D eigenvalue weighted by atomic mass is 10.1. The average Bonchev–Trinajstić information content (AvgIpc) is 2.80. The molecule has 2 atom stereocenters. The van der Waals surface area contributed by atoms with E-state index in [-0.39, 0.29) is 0 Å². The number of hydrogen-bond acceptors (Lipinski definition) is 3. The number of aromatic nitrogens is 2. The number of nitrogens with two attached hydrogens (primary N) is 1. The van der Waals surface area contributed by atoms with Gasteiger partial charge >= 0.3 is 0 Å². The fourth-order valence-corrected chi connectivity index (χ4v) is 2.33. The first-order valence-electron chi connectivity index (χ1n) is 7.08. The molecule has 0 amide bonds. The van der Waals surface area contributed by atoms with Gasteiger partial charge in [0.25, 0.3) is 0 Å². The van der Waals surface area contributed by atoms with Crippen LogP contribution in [0.5, 0.6) is 0 Å². The fraction of sp³-hybridized carbons (Fsp3) is 0.786. The number of aryl methyl sites for hydroxylation is 1. The van der Waals surface area contributed by atoms with E-state index in [1.54, 1.807) is 0 Å². The summed E-state index contributed by atoms with van der Waals surface area (Å²) >= 11 is 0. The molecule has 0 aromatic carbocycles. The molecule has 1 heterocycles. The lowest BCUT2D eigenvalue weighted by Gasteiger charge is -2.35. The van der Waals surface area contributed by atoms with Gasteiger partial charge in [0.15, 0.2) is 0 Å². The Kier molecular flexibility index (Phi) is 6.36. The largest absolute Gasteiger partial charge is 0.329 e. The molecule has 0 bridgehead atoms. The van der Waals surface area contributed by atoms with Gasteiger partial charge in [0.2, 0.25) is 0 Å². The molecule has 0 aliphatic rings. The molecule has 0 saturated heterocycles. The first kappa shape index (κ1) is 15.2. The predicted molar refractivity (Wildman–Crippen MR) is 76.4 cm³/mol. The van der Waals surface area contributed by atoms with Crippen molar-refractivity contribution in [1.82, 2.24) is 14.7 Å². The normalized spacial score (nSPS) is 15.0. The van der Waals surface area contributed by atoms with Crippen molar-refractivity contribution in [1.29, 1.82) is 0 Å². The lowest BCUT2D eigenvalue weighted by Crippen LogP contribution is -2.40. The highest BCUT2D eigenvalue weighted by Gasteiger charge is 2.23. The van der Waals surface area contributed by atoms with Crippen molar-refractivity contribution in [3.8, 4) is 0 Å². The van der Waals surface area contributed by atoms with E-state index >= 15 is 0 Å². The van der Waals surface area contributed by atoms with E-state index in [1.165, 1.54) is 18.4 Å². The molecular formula is C14H28N4. The maximum absolute atomic E-state index is 6.00. The van der Waals surface area contributed by atoms with Gasteiger partial charge in [0, 0.05) is 31.4 Å². The monoisotopic (exact) mass is 252 g/mol. The molecule has 2 N–H and O–H groups in total. The van der Waals surface area contributed by atoms with E-state index in [1.807, 2.05) is 17.9 Å². The molecular weight excluding hydrogens is 224 g/mol. The predicted octanol–water partition coefficient (Wildman–Crippen LogP) is 2.32. The summed E-state index contributed by atoms with van der Waals surface area (Å²) in [6.07, 6.45) is 7.62. The average molecular weight is 252 g/mol. The number of hydrogen-bond donors (Lipinski definition) is 1. The van der Waals surface area contributed by atoms with Crippen molar-refractivity contribution in [3.63, 3.8) is 0 Å². The van der Waals surface area contributed by atoms with Crippen molar-refractivity contribution in [2.45, 2.75) is 52.1 Å². The number of unbranched alkanes of at least 4 members (excludes halogenated alkanes) is 1. The van der Waals surface area contributed by atoms with Gasteiger partial charge in [-0.3, -0.25) is 9.58 Å². The third-order valence-corrected chi connectivity index (χ3v) is 3.66. The summed E-state index contributed by atoms with van der Waals surface area (Å²) < 4.78 is 1.85. The van der Waals surface area contributed by atoms with Crippen LogP contribution in [-0.2, 0) is 7.05 Å². The van der Waals surface area contributed by atoms with Crippen LogP contribution in [0.3, 0.4) is 0 Å². The molecule has 0 aliphatic heterocycles. The van der Waals surface area contributed by atoms with Gasteiger partial charge in [-0.05, 0) is 26.3 Å². The van der Waals surface area contributed by atoms with Gasteiger partial charge in [-0.25, -0.2) is 0 Å². The molecule has 1 aromatic heterocycles. The summed E-state index contributed by atoms with van der Waals surface area (Å²) in [5.41, 5.74) is 7.23. The minimum atomic E-state index is 0.292. The Hall–Kier alpha value is -0.870. The summed E-state index contributed by atoms with van der Waals surface area (Å²) in [5, 5.41) is 4.27. The minimum Gasteiger partial charge on any atom is -0.329 e. The van der Waals surface area contributed by atoms with E-state index in [0.717, 1.165) is 13.0 Å². The van der Waals surface area contributed by atoms with Crippen molar-refractivity contribution >= 4 is 0 Å². The Morgan fingerprint density at radius 2 is 2.17 bits per heavy atom. The second-order valence-electron chi connectivity index (χ2n) is 5.05.